The number of ether oxygens (including phenoxy) is 2. The third-order valence-electron chi connectivity index (χ3n) is 5.05. The standard InChI is InChI=1S/C23H27N3O4/c1-23(2,3)29-22(27)30-26-11-5-6-20(26)21-24-14-19(25-21)17-8-7-16-13-18(28-4)10-9-15(16)12-17/h7-10,12-14,20H,5-6,11H2,1-4H3,(H,24,25)/t20-/m0/s1. The Morgan fingerprint density at radius 3 is 2.70 bits per heavy atom. The molecule has 0 saturated carbocycles. The topological polar surface area (TPSA) is 76.7 Å². The number of methoxy groups -OCH3 is 1. The summed E-state index contributed by atoms with van der Waals surface area (Å²) in [6.45, 7) is 6.09. The van der Waals surface area contributed by atoms with Crippen LogP contribution >= 0.6 is 0 Å². The zero-order valence-corrected chi connectivity index (χ0v) is 17.8. The van der Waals surface area contributed by atoms with Crippen molar-refractivity contribution < 1.29 is 19.1 Å². The SMILES string of the molecule is COc1ccc2cc(-c3cnc([C@@H]4CCCN4OC(=O)OC(C)(C)C)[nH]3)ccc2c1. The van der Waals surface area contributed by atoms with Crippen LogP contribution in [-0.2, 0) is 9.57 Å². The van der Waals surface area contributed by atoms with Gasteiger partial charge in [0.25, 0.3) is 0 Å². The van der Waals surface area contributed by atoms with E-state index in [2.05, 4.69) is 28.2 Å². The van der Waals surface area contributed by atoms with E-state index in [4.69, 9.17) is 14.3 Å². The van der Waals surface area contributed by atoms with Crippen molar-refractivity contribution in [3.63, 3.8) is 0 Å². The molecule has 2 aromatic carbocycles. The number of nitrogens with one attached hydrogen (secondary N) is 1. The number of carbonyl (C=O) groups excluding carboxylic acids is 1. The van der Waals surface area contributed by atoms with E-state index in [0.29, 0.717) is 6.54 Å². The van der Waals surface area contributed by atoms with Crippen molar-refractivity contribution in [1.82, 2.24) is 15.0 Å². The van der Waals surface area contributed by atoms with Crippen molar-refractivity contribution in [2.75, 3.05) is 13.7 Å². The molecule has 0 bridgehead atoms. The van der Waals surface area contributed by atoms with E-state index in [0.717, 1.165) is 46.4 Å². The van der Waals surface area contributed by atoms with Crippen molar-refractivity contribution in [2.24, 2.45) is 0 Å². The Morgan fingerprint density at radius 1 is 1.17 bits per heavy atom. The van der Waals surface area contributed by atoms with Gasteiger partial charge in [0, 0.05) is 12.1 Å². The van der Waals surface area contributed by atoms with Crippen molar-refractivity contribution in [3.05, 3.63) is 48.4 Å². The number of rotatable bonds is 4. The smallest absolute Gasteiger partial charge is 0.497 e. The van der Waals surface area contributed by atoms with E-state index in [1.165, 1.54) is 0 Å². The third-order valence-corrected chi connectivity index (χ3v) is 5.05. The summed E-state index contributed by atoms with van der Waals surface area (Å²) in [5, 5.41) is 3.90. The molecule has 1 fully saturated rings. The molecule has 1 N–H and O–H groups in total. The maximum atomic E-state index is 12.1. The predicted octanol–water partition coefficient (Wildman–Crippen LogP) is 5.24. The number of aromatic amines is 1. The molecule has 158 valence electrons. The van der Waals surface area contributed by atoms with Crippen molar-refractivity contribution >= 4 is 16.9 Å². The molecule has 0 radical (unpaired) electrons. The molecule has 0 amide bonds. The molecular weight excluding hydrogens is 382 g/mol. The first-order chi connectivity index (χ1) is 14.3. The number of hydrogen-bond donors (Lipinski definition) is 1. The minimum absolute atomic E-state index is 0.115. The van der Waals surface area contributed by atoms with Gasteiger partial charge in [0.2, 0.25) is 0 Å². The van der Waals surface area contributed by atoms with Crippen LogP contribution in [0.2, 0.25) is 0 Å². The summed E-state index contributed by atoms with van der Waals surface area (Å²) < 4.78 is 10.6. The van der Waals surface area contributed by atoms with Gasteiger partial charge in [-0.25, -0.2) is 9.78 Å². The minimum Gasteiger partial charge on any atom is -0.497 e. The number of benzene rings is 2. The van der Waals surface area contributed by atoms with Crippen LogP contribution in [0, 0.1) is 0 Å². The molecule has 2 heterocycles. The molecular formula is C23H27N3O4. The van der Waals surface area contributed by atoms with Crippen LogP contribution in [0.15, 0.2) is 42.6 Å². The normalized spacial score (nSPS) is 17.3. The van der Waals surface area contributed by atoms with Gasteiger partial charge in [-0.1, -0.05) is 18.2 Å². The summed E-state index contributed by atoms with van der Waals surface area (Å²) in [6, 6.07) is 12.1. The lowest BCUT2D eigenvalue weighted by atomic mass is 10.1. The zero-order valence-electron chi connectivity index (χ0n) is 17.8. The van der Waals surface area contributed by atoms with Crippen LogP contribution in [0.25, 0.3) is 22.0 Å². The second-order valence-electron chi connectivity index (χ2n) is 8.46. The van der Waals surface area contributed by atoms with Gasteiger partial charge >= 0.3 is 6.16 Å². The Hall–Kier alpha value is -3.06. The van der Waals surface area contributed by atoms with Gasteiger partial charge < -0.3 is 19.3 Å². The number of carbonyl (C=O) groups is 1. The maximum absolute atomic E-state index is 12.1. The molecule has 7 heteroatoms. The third kappa shape index (κ3) is 4.41. The Labute approximate surface area is 175 Å². The van der Waals surface area contributed by atoms with Crippen LogP contribution in [0.3, 0.4) is 0 Å². The first-order valence-electron chi connectivity index (χ1n) is 10.1. The summed E-state index contributed by atoms with van der Waals surface area (Å²) in [5.74, 6) is 1.62. The van der Waals surface area contributed by atoms with E-state index < -0.39 is 11.8 Å². The molecule has 0 spiro atoms. The predicted molar refractivity (Wildman–Crippen MR) is 114 cm³/mol. The summed E-state index contributed by atoms with van der Waals surface area (Å²) >= 11 is 0. The molecule has 1 aromatic heterocycles. The number of hydroxylamine groups is 2. The maximum Gasteiger partial charge on any atom is 0.528 e. The minimum atomic E-state index is -0.689. The summed E-state index contributed by atoms with van der Waals surface area (Å²) in [4.78, 5) is 25.5. The van der Waals surface area contributed by atoms with Crippen molar-refractivity contribution in [2.45, 2.75) is 45.3 Å². The van der Waals surface area contributed by atoms with Gasteiger partial charge in [0.15, 0.2) is 0 Å². The second-order valence-corrected chi connectivity index (χ2v) is 8.46. The molecule has 4 rings (SSSR count). The van der Waals surface area contributed by atoms with Gasteiger partial charge in [-0.05, 0) is 62.6 Å². The average molecular weight is 409 g/mol. The van der Waals surface area contributed by atoms with Crippen LogP contribution in [0.1, 0.15) is 45.5 Å². The van der Waals surface area contributed by atoms with E-state index >= 15 is 0 Å². The monoisotopic (exact) mass is 409 g/mol. The number of aromatic nitrogens is 2. The van der Waals surface area contributed by atoms with Gasteiger partial charge in [-0.3, -0.25) is 0 Å². The molecule has 1 aliphatic heterocycles. The van der Waals surface area contributed by atoms with Crippen molar-refractivity contribution in [3.8, 4) is 17.0 Å². The lowest BCUT2D eigenvalue weighted by Gasteiger charge is -2.24. The van der Waals surface area contributed by atoms with Crippen LogP contribution < -0.4 is 4.74 Å². The fraction of sp³-hybridized carbons (Fsp3) is 0.391. The zero-order chi connectivity index (χ0) is 21.3. The fourth-order valence-electron chi connectivity index (χ4n) is 3.66. The van der Waals surface area contributed by atoms with Gasteiger partial charge in [0.05, 0.1) is 19.0 Å². The highest BCUT2D eigenvalue weighted by Gasteiger charge is 2.33. The summed E-state index contributed by atoms with van der Waals surface area (Å²) in [7, 11) is 1.67. The number of H-pyrrole nitrogens is 1. The fourth-order valence-corrected chi connectivity index (χ4v) is 3.66. The molecule has 1 atom stereocenters. The van der Waals surface area contributed by atoms with E-state index in [1.807, 2.05) is 45.2 Å². The largest absolute Gasteiger partial charge is 0.528 e. The molecule has 0 unspecified atom stereocenters. The second kappa shape index (κ2) is 7.99. The van der Waals surface area contributed by atoms with E-state index in [1.54, 1.807) is 12.2 Å². The molecule has 1 aliphatic rings. The first-order valence-corrected chi connectivity index (χ1v) is 10.1. The highest BCUT2D eigenvalue weighted by molar-refractivity contribution is 5.87. The van der Waals surface area contributed by atoms with Crippen LogP contribution in [0.4, 0.5) is 4.79 Å². The lowest BCUT2D eigenvalue weighted by Crippen LogP contribution is -2.32. The van der Waals surface area contributed by atoms with Crippen LogP contribution in [-0.4, -0.2) is 40.4 Å². The molecule has 30 heavy (non-hydrogen) atoms. The molecule has 1 saturated heterocycles. The number of imidazole rings is 1. The van der Waals surface area contributed by atoms with E-state index in [9.17, 15) is 4.79 Å². The summed E-state index contributed by atoms with van der Waals surface area (Å²) in [6.07, 6.45) is 2.91. The Bertz CT molecular complexity index is 1050. The molecule has 3 aromatic rings. The van der Waals surface area contributed by atoms with Gasteiger partial charge in [-0.2, -0.15) is 0 Å². The lowest BCUT2D eigenvalue weighted by molar-refractivity contribution is -0.152. The average Bonchev–Trinajstić information content (AvgIpc) is 3.35. The molecule has 0 aliphatic carbocycles. The number of hydrogen-bond acceptors (Lipinski definition) is 6. The Balaban J connectivity index is 1.52. The van der Waals surface area contributed by atoms with Gasteiger partial charge in [0.1, 0.15) is 23.2 Å². The molecule has 7 nitrogen and oxygen atoms in total. The van der Waals surface area contributed by atoms with E-state index in [-0.39, 0.29) is 6.04 Å². The van der Waals surface area contributed by atoms with Gasteiger partial charge in [-0.15, -0.1) is 5.06 Å². The number of nitrogens with zero attached hydrogens (tertiary/aromatic N) is 2. The highest BCUT2D eigenvalue weighted by atomic mass is 16.8. The van der Waals surface area contributed by atoms with Crippen LogP contribution in [0.5, 0.6) is 5.75 Å². The summed E-state index contributed by atoms with van der Waals surface area (Å²) in [5.41, 5.74) is 1.38. The Morgan fingerprint density at radius 2 is 1.93 bits per heavy atom. The highest BCUT2D eigenvalue weighted by Crippen LogP contribution is 2.33. The van der Waals surface area contributed by atoms with Crippen molar-refractivity contribution in [1.29, 1.82) is 0 Å². The first kappa shape index (κ1) is 20.2. The quantitative estimate of drug-likeness (QED) is 0.594. The number of fused-ring (bicyclic) bond motifs is 1. The Kier molecular flexibility index (Phi) is 5.39.